The number of hydroxylamine groups is 2. The Hall–Kier alpha value is -3.06. The zero-order valence-electron chi connectivity index (χ0n) is 19.7. The summed E-state index contributed by atoms with van der Waals surface area (Å²) < 4.78 is 42.7. The Labute approximate surface area is 196 Å². The van der Waals surface area contributed by atoms with Crippen LogP contribution in [0.15, 0.2) is 4.99 Å². The molecule has 34 heavy (non-hydrogen) atoms. The van der Waals surface area contributed by atoms with Crippen LogP contribution in [0.2, 0.25) is 0 Å². The van der Waals surface area contributed by atoms with Gasteiger partial charge in [0.2, 0.25) is 5.91 Å². The number of ether oxygens (including phenoxy) is 1. The molecule has 0 rings (SSSR count). The van der Waals surface area contributed by atoms with Crippen LogP contribution < -0.4 is 16.8 Å². The van der Waals surface area contributed by atoms with Gasteiger partial charge in [0, 0.05) is 13.0 Å². The highest BCUT2D eigenvalue weighted by molar-refractivity contribution is 5.91. The van der Waals surface area contributed by atoms with E-state index in [0.29, 0.717) is 6.42 Å². The number of carbonyl (C=O) groups is 4. The van der Waals surface area contributed by atoms with Gasteiger partial charge in [-0.1, -0.05) is 32.6 Å². The molecule has 0 aromatic rings. The van der Waals surface area contributed by atoms with Gasteiger partial charge >= 0.3 is 18.1 Å². The van der Waals surface area contributed by atoms with Crippen LogP contribution in [0.3, 0.4) is 0 Å². The zero-order chi connectivity index (χ0) is 26.3. The molecule has 14 heteroatoms. The van der Waals surface area contributed by atoms with Crippen LogP contribution in [0.4, 0.5) is 13.2 Å². The first-order chi connectivity index (χ1) is 15.8. The van der Waals surface area contributed by atoms with Gasteiger partial charge in [-0.3, -0.25) is 14.6 Å². The highest BCUT2D eigenvalue weighted by atomic mass is 19.4. The number of nitrogens with zero attached hydrogens (tertiary/aromatic N) is 2. The highest BCUT2D eigenvalue weighted by Gasteiger charge is 2.46. The van der Waals surface area contributed by atoms with Crippen molar-refractivity contribution in [3.8, 4) is 0 Å². The first-order valence-corrected chi connectivity index (χ1v) is 10.9. The number of methoxy groups -OCH3 is 1. The third-order valence-corrected chi connectivity index (χ3v) is 4.61. The summed E-state index contributed by atoms with van der Waals surface area (Å²) in [6.07, 6.45) is -1.01. The fourth-order valence-electron chi connectivity index (χ4n) is 2.79. The quantitative estimate of drug-likeness (QED) is 0.106. The SMILES string of the molecule is CCCCCCCC(=O)N[C@H](CCCN=C(N)N)C(=O)N(OC(=O)C(F)(F)F)[C@@H](C)C(=O)OC. The maximum atomic E-state index is 13.0. The summed E-state index contributed by atoms with van der Waals surface area (Å²) in [5, 5.41) is 2.40. The normalized spacial score (nSPS) is 12.8. The number of hydrogen-bond donors (Lipinski definition) is 3. The molecule has 0 aliphatic heterocycles. The molecule has 0 aromatic heterocycles. The Morgan fingerprint density at radius 3 is 2.21 bits per heavy atom. The van der Waals surface area contributed by atoms with Gasteiger partial charge in [0.15, 0.2) is 12.0 Å². The summed E-state index contributed by atoms with van der Waals surface area (Å²) in [5.74, 6) is -5.81. The monoisotopic (exact) mass is 497 g/mol. The fourth-order valence-corrected chi connectivity index (χ4v) is 2.79. The van der Waals surface area contributed by atoms with Crippen molar-refractivity contribution in [2.24, 2.45) is 16.5 Å². The number of guanidine groups is 1. The molecule has 11 nitrogen and oxygen atoms in total. The average molecular weight is 498 g/mol. The molecule has 2 amide bonds. The second-order valence-corrected chi connectivity index (χ2v) is 7.47. The molecule has 0 unspecified atom stereocenters. The van der Waals surface area contributed by atoms with Gasteiger partial charge in [0.1, 0.15) is 6.04 Å². The van der Waals surface area contributed by atoms with Crippen LogP contribution in [0, 0.1) is 0 Å². The molecule has 0 aliphatic rings. The van der Waals surface area contributed by atoms with Gasteiger partial charge < -0.3 is 26.4 Å². The van der Waals surface area contributed by atoms with Crippen molar-refractivity contribution in [3.05, 3.63) is 0 Å². The van der Waals surface area contributed by atoms with Crippen molar-refractivity contribution in [2.75, 3.05) is 13.7 Å². The molecule has 196 valence electrons. The van der Waals surface area contributed by atoms with Crippen molar-refractivity contribution in [1.82, 2.24) is 10.4 Å². The van der Waals surface area contributed by atoms with E-state index in [0.717, 1.165) is 39.7 Å². The van der Waals surface area contributed by atoms with Gasteiger partial charge in [0.25, 0.3) is 5.91 Å². The lowest BCUT2D eigenvalue weighted by atomic mass is 10.1. The molecular weight excluding hydrogens is 463 g/mol. The Morgan fingerprint density at radius 1 is 1.06 bits per heavy atom. The van der Waals surface area contributed by atoms with Gasteiger partial charge in [-0.2, -0.15) is 18.2 Å². The van der Waals surface area contributed by atoms with Crippen LogP contribution in [0.1, 0.15) is 65.2 Å². The second-order valence-electron chi connectivity index (χ2n) is 7.47. The smallest absolute Gasteiger partial charge is 0.467 e. The van der Waals surface area contributed by atoms with Crippen molar-refractivity contribution >= 4 is 29.7 Å². The number of rotatable bonds is 14. The summed E-state index contributed by atoms with van der Waals surface area (Å²) in [6.45, 7) is 3.12. The summed E-state index contributed by atoms with van der Waals surface area (Å²) >= 11 is 0. The van der Waals surface area contributed by atoms with Gasteiger partial charge in [-0.15, -0.1) is 0 Å². The predicted octanol–water partition coefficient (Wildman–Crippen LogP) is 1.30. The zero-order valence-corrected chi connectivity index (χ0v) is 19.7. The van der Waals surface area contributed by atoms with Gasteiger partial charge in [0.05, 0.1) is 7.11 Å². The molecule has 0 saturated carbocycles. The Morgan fingerprint density at radius 2 is 1.68 bits per heavy atom. The first-order valence-electron chi connectivity index (χ1n) is 10.9. The minimum absolute atomic E-state index is 0.0333. The van der Waals surface area contributed by atoms with E-state index in [4.69, 9.17) is 11.5 Å². The van der Waals surface area contributed by atoms with Gasteiger partial charge in [-0.25, -0.2) is 9.59 Å². The number of aliphatic imine (C=N–C) groups is 1. The molecule has 2 atom stereocenters. The van der Waals surface area contributed by atoms with Crippen molar-refractivity contribution in [1.29, 1.82) is 0 Å². The number of hydrogen-bond acceptors (Lipinski definition) is 7. The van der Waals surface area contributed by atoms with Crippen LogP contribution >= 0.6 is 0 Å². The molecule has 0 heterocycles. The summed E-state index contributed by atoms with van der Waals surface area (Å²) in [6, 6.07) is -3.12. The Kier molecular flexibility index (Phi) is 14.3. The molecule has 0 fully saturated rings. The largest absolute Gasteiger partial charge is 0.493 e. The van der Waals surface area contributed by atoms with E-state index in [1.54, 1.807) is 0 Å². The summed E-state index contributed by atoms with van der Waals surface area (Å²) in [5.41, 5.74) is 10.5. The predicted molar refractivity (Wildman–Crippen MR) is 116 cm³/mol. The standard InChI is InChI=1S/C20H34F3N5O6/c1-4-5-6-7-8-11-15(29)27-14(10-9-12-26-19(24)25)16(30)28(13(2)17(31)33-3)34-18(32)20(21,22)23/h13-14H,4-12H2,1-3H3,(H,27,29)(H4,24,25,26)/t13-,14+/m0/s1. The van der Waals surface area contributed by atoms with Gasteiger partial charge in [-0.05, 0) is 26.2 Å². The summed E-state index contributed by atoms with van der Waals surface area (Å²) in [4.78, 5) is 56.6. The minimum atomic E-state index is -5.43. The van der Waals surface area contributed by atoms with E-state index < -0.39 is 42.0 Å². The fraction of sp³-hybridized carbons (Fsp3) is 0.750. The van der Waals surface area contributed by atoms with E-state index in [-0.39, 0.29) is 36.8 Å². The van der Waals surface area contributed by atoms with E-state index in [2.05, 4.69) is 19.9 Å². The highest BCUT2D eigenvalue weighted by Crippen LogP contribution is 2.20. The van der Waals surface area contributed by atoms with Crippen LogP contribution in [-0.2, 0) is 28.8 Å². The van der Waals surface area contributed by atoms with Crippen molar-refractivity contribution in [2.45, 2.75) is 83.5 Å². The molecule has 0 bridgehead atoms. The van der Waals surface area contributed by atoms with Crippen molar-refractivity contribution in [3.63, 3.8) is 0 Å². The summed E-state index contributed by atoms with van der Waals surface area (Å²) in [7, 11) is 0.945. The number of esters is 1. The lowest BCUT2D eigenvalue weighted by Crippen LogP contribution is -2.54. The average Bonchev–Trinajstić information content (AvgIpc) is 2.76. The number of halogens is 3. The molecule has 5 N–H and O–H groups in total. The third kappa shape index (κ3) is 12.3. The minimum Gasteiger partial charge on any atom is -0.467 e. The number of carbonyl (C=O) groups excluding carboxylic acids is 4. The molecule has 0 radical (unpaired) electrons. The van der Waals surface area contributed by atoms with Crippen molar-refractivity contribution < 1.29 is 41.9 Å². The maximum Gasteiger partial charge on any atom is 0.493 e. The second kappa shape index (κ2) is 15.7. The molecular formula is C20H34F3N5O6. The molecule has 0 saturated heterocycles. The third-order valence-electron chi connectivity index (χ3n) is 4.61. The number of nitrogens with two attached hydrogens (primary N) is 2. The van der Waals surface area contributed by atoms with E-state index in [9.17, 15) is 32.3 Å². The van der Waals surface area contributed by atoms with Crippen LogP contribution in [-0.4, -0.2) is 66.7 Å². The van der Waals surface area contributed by atoms with E-state index >= 15 is 0 Å². The van der Waals surface area contributed by atoms with Crippen LogP contribution in [0.25, 0.3) is 0 Å². The molecule has 0 aromatic carbocycles. The number of amides is 2. The first kappa shape index (κ1) is 30.9. The Bertz CT molecular complexity index is 713. The van der Waals surface area contributed by atoms with Crippen LogP contribution in [0.5, 0.6) is 0 Å². The topological polar surface area (TPSA) is 166 Å². The molecule has 0 aliphatic carbocycles. The maximum absolute atomic E-state index is 13.0. The number of unbranched alkanes of at least 4 members (excludes halogenated alkanes) is 4. The van der Waals surface area contributed by atoms with E-state index in [1.807, 2.05) is 6.92 Å². The van der Waals surface area contributed by atoms with E-state index in [1.165, 1.54) is 0 Å². The lowest BCUT2D eigenvalue weighted by Gasteiger charge is -2.29. The molecule has 0 spiro atoms. The number of alkyl halides is 3. The lowest BCUT2D eigenvalue weighted by molar-refractivity contribution is -0.244. The number of nitrogens with one attached hydrogen (secondary N) is 1. The Balaban J connectivity index is 5.60.